The van der Waals surface area contributed by atoms with Gasteiger partial charge in [-0.05, 0) is 57.8 Å². The van der Waals surface area contributed by atoms with E-state index in [9.17, 15) is 0 Å². The maximum atomic E-state index is 5.64. The number of nitrogens with zero attached hydrogens (tertiary/aromatic N) is 2. The van der Waals surface area contributed by atoms with Crippen LogP contribution in [-0.2, 0) is 0 Å². The van der Waals surface area contributed by atoms with Crippen LogP contribution in [0.2, 0.25) is 0 Å². The minimum Gasteiger partial charge on any atom is -0.468 e. The van der Waals surface area contributed by atoms with Crippen molar-refractivity contribution < 1.29 is 4.42 Å². The van der Waals surface area contributed by atoms with Crippen LogP contribution in [0.3, 0.4) is 0 Å². The third kappa shape index (κ3) is 4.00. The zero-order valence-electron chi connectivity index (χ0n) is 12.8. The minimum absolute atomic E-state index is 0.261. The van der Waals surface area contributed by atoms with Crippen molar-refractivity contribution in [2.24, 2.45) is 4.99 Å². The summed E-state index contributed by atoms with van der Waals surface area (Å²) in [6.45, 7) is 6.04. The van der Waals surface area contributed by atoms with Gasteiger partial charge in [0.05, 0.1) is 18.8 Å². The maximum absolute atomic E-state index is 5.64. The second-order valence-electron chi connectivity index (χ2n) is 5.91. The predicted molar refractivity (Wildman–Crippen MR) is 84.4 cm³/mol. The molecule has 5 nitrogen and oxygen atoms in total. The van der Waals surface area contributed by atoms with Gasteiger partial charge in [-0.15, -0.1) is 0 Å². The molecule has 1 saturated heterocycles. The van der Waals surface area contributed by atoms with Crippen molar-refractivity contribution in [3.63, 3.8) is 0 Å². The molecule has 1 aliphatic heterocycles. The second kappa shape index (κ2) is 6.98. The fourth-order valence-corrected chi connectivity index (χ4v) is 2.84. The number of guanidine groups is 1. The molecule has 0 spiro atoms. The van der Waals surface area contributed by atoms with Gasteiger partial charge >= 0.3 is 0 Å². The van der Waals surface area contributed by atoms with Crippen molar-refractivity contribution in [1.29, 1.82) is 0 Å². The Bertz CT molecular complexity index is 447. The number of likely N-dealkylation sites (tertiary alicyclic amines) is 1. The summed E-state index contributed by atoms with van der Waals surface area (Å²) >= 11 is 0. The molecule has 2 aliphatic rings. The van der Waals surface area contributed by atoms with Gasteiger partial charge in [0.1, 0.15) is 5.76 Å². The Morgan fingerprint density at radius 1 is 1.43 bits per heavy atom. The summed E-state index contributed by atoms with van der Waals surface area (Å²) in [5, 5.41) is 6.81. The molecule has 1 saturated carbocycles. The van der Waals surface area contributed by atoms with E-state index in [1.807, 2.05) is 6.07 Å². The zero-order chi connectivity index (χ0) is 14.5. The molecule has 2 N–H and O–H groups in total. The van der Waals surface area contributed by atoms with Crippen LogP contribution in [0.15, 0.2) is 27.8 Å². The van der Waals surface area contributed by atoms with Crippen molar-refractivity contribution in [2.45, 2.75) is 44.7 Å². The van der Waals surface area contributed by atoms with Gasteiger partial charge in [-0.3, -0.25) is 9.89 Å². The molecule has 2 fully saturated rings. The van der Waals surface area contributed by atoms with E-state index in [0.717, 1.165) is 37.9 Å². The highest BCUT2D eigenvalue weighted by atomic mass is 16.3. The van der Waals surface area contributed by atoms with E-state index >= 15 is 0 Å². The summed E-state index contributed by atoms with van der Waals surface area (Å²) in [4.78, 5) is 7.28. The number of hydrogen-bond acceptors (Lipinski definition) is 3. The summed E-state index contributed by atoms with van der Waals surface area (Å²) < 4.78 is 5.64. The number of aliphatic imine (C=N–C) groups is 1. The van der Waals surface area contributed by atoms with Gasteiger partial charge in [0, 0.05) is 12.6 Å². The number of rotatable bonds is 6. The van der Waals surface area contributed by atoms with Crippen LogP contribution in [0.1, 0.15) is 44.4 Å². The molecule has 21 heavy (non-hydrogen) atoms. The molecule has 1 aliphatic carbocycles. The van der Waals surface area contributed by atoms with Gasteiger partial charge in [-0.1, -0.05) is 0 Å². The highest BCUT2D eigenvalue weighted by molar-refractivity contribution is 5.80. The monoisotopic (exact) mass is 290 g/mol. The first-order valence-corrected chi connectivity index (χ1v) is 8.19. The highest BCUT2D eigenvalue weighted by Crippen LogP contribution is 2.26. The highest BCUT2D eigenvalue weighted by Gasteiger charge is 2.26. The largest absolute Gasteiger partial charge is 0.468 e. The standard InChI is InChI=1S/C16H26N4O/c1-2-17-16(19-13-7-8-13)18-12-14(15-6-5-11-21-15)20-9-3-4-10-20/h5-6,11,13-14H,2-4,7-10,12H2,1H3,(H2,17,18,19). The lowest BCUT2D eigenvalue weighted by Gasteiger charge is -2.24. The molecule has 0 radical (unpaired) electrons. The number of hydrogen-bond donors (Lipinski definition) is 2. The minimum atomic E-state index is 0.261. The molecule has 3 rings (SSSR count). The first-order valence-electron chi connectivity index (χ1n) is 8.19. The van der Waals surface area contributed by atoms with Gasteiger partial charge < -0.3 is 15.1 Å². The molecule has 5 heteroatoms. The van der Waals surface area contributed by atoms with E-state index in [2.05, 4.69) is 28.5 Å². The Morgan fingerprint density at radius 2 is 2.24 bits per heavy atom. The van der Waals surface area contributed by atoms with Crippen LogP contribution in [0, 0.1) is 0 Å². The van der Waals surface area contributed by atoms with Crippen molar-refractivity contribution in [2.75, 3.05) is 26.2 Å². The fourth-order valence-electron chi connectivity index (χ4n) is 2.84. The quantitative estimate of drug-likeness (QED) is 0.622. The lowest BCUT2D eigenvalue weighted by atomic mass is 10.2. The fraction of sp³-hybridized carbons (Fsp3) is 0.688. The van der Waals surface area contributed by atoms with Crippen molar-refractivity contribution in [3.05, 3.63) is 24.2 Å². The molecule has 2 heterocycles. The molecular weight excluding hydrogens is 264 g/mol. The molecule has 1 unspecified atom stereocenters. The summed E-state index contributed by atoms with van der Waals surface area (Å²) in [5.74, 6) is 1.97. The van der Waals surface area contributed by atoms with Crippen molar-refractivity contribution in [1.82, 2.24) is 15.5 Å². The van der Waals surface area contributed by atoms with Crippen molar-refractivity contribution >= 4 is 5.96 Å². The summed E-state index contributed by atoms with van der Waals surface area (Å²) in [6, 6.07) is 4.92. The van der Waals surface area contributed by atoms with E-state index in [-0.39, 0.29) is 6.04 Å². The second-order valence-corrected chi connectivity index (χ2v) is 5.91. The van der Waals surface area contributed by atoms with Crippen LogP contribution in [-0.4, -0.2) is 43.1 Å². The molecular formula is C16H26N4O. The number of nitrogens with one attached hydrogen (secondary N) is 2. The average molecular weight is 290 g/mol. The Hall–Kier alpha value is -1.49. The summed E-state index contributed by atoms with van der Waals surface area (Å²) in [5.41, 5.74) is 0. The first kappa shape index (κ1) is 14.4. The summed E-state index contributed by atoms with van der Waals surface area (Å²) in [6.07, 6.45) is 6.84. The lowest BCUT2D eigenvalue weighted by molar-refractivity contribution is 0.221. The molecule has 0 amide bonds. The molecule has 1 aromatic rings. The van der Waals surface area contributed by atoms with Gasteiger partial charge in [-0.25, -0.2) is 0 Å². The maximum Gasteiger partial charge on any atom is 0.191 e. The lowest BCUT2D eigenvalue weighted by Crippen LogP contribution is -2.39. The number of furan rings is 1. The Morgan fingerprint density at radius 3 is 2.86 bits per heavy atom. The van der Waals surface area contributed by atoms with Crippen LogP contribution < -0.4 is 10.6 Å². The van der Waals surface area contributed by atoms with E-state index < -0.39 is 0 Å². The third-order valence-electron chi connectivity index (χ3n) is 4.14. The van der Waals surface area contributed by atoms with Gasteiger partial charge in [0.15, 0.2) is 5.96 Å². The SMILES string of the molecule is CCNC(=NCC(c1ccco1)N1CCCC1)NC1CC1. The molecule has 116 valence electrons. The first-order chi connectivity index (χ1) is 10.4. The smallest absolute Gasteiger partial charge is 0.191 e. The normalized spacial score (nSPS) is 21.5. The van der Waals surface area contributed by atoms with Crippen LogP contribution in [0.4, 0.5) is 0 Å². The molecule has 1 atom stereocenters. The third-order valence-corrected chi connectivity index (χ3v) is 4.14. The molecule has 0 bridgehead atoms. The molecule has 0 aromatic carbocycles. The van der Waals surface area contributed by atoms with Gasteiger partial charge in [0.2, 0.25) is 0 Å². The van der Waals surface area contributed by atoms with E-state index in [1.165, 1.54) is 25.7 Å². The van der Waals surface area contributed by atoms with Crippen LogP contribution >= 0.6 is 0 Å². The van der Waals surface area contributed by atoms with Crippen molar-refractivity contribution in [3.8, 4) is 0 Å². The van der Waals surface area contributed by atoms with E-state index in [1.54, 1.807) is 6.26 Å². The van der Waals surface area contributed by atoms with Gasteiger partial charge in [-0.2, -0.15) is 0 Å². The Balaban J connectivity index is 1.67. The zero-order valence-corrected chi connectivity index (χ0v) is 12.8. The topological polar surface area (TPSA) is 52.8 Å². The van der Waals surface area contributed by atoms with Crippen LogP contribution in [0.25, 0.3) is 0 Å². The molecule has 1 aromatic heterocycles. The Labute approximate surface area is 126 Å². The van der Waals surface area contributed by atoms with E-state index in [0.29, 0.717) is 6.04 Å². The summed E-state index contributed by atoms with van der Waals surface area (Å²) in [7, 11) is 0. The predicted octanol–water partition coefficient (Wildman–Crippen LogP) is 2.13. The Kier molecular flexibility index (Phi) is 4.80. The van der Waals surface area contributed by atoms with Crippen LogP contribution in [0.5, 0.6) is 0 Å². The van der Waals surface area contributed by atoms with Gasteiger partial charge in [0.25, 0.3) is 0 Å². The average Bonchev–Trinajstić information content (AvgIpc) is 2.98. The van der Waals surface area contributed by atoms with E-state index in [4.69, 9.17) is 9.41 Å².